The van der Waals surface area contributed by atoms with E-state index in [-0.39, 0.29) is 34.8 Å². The van der Waals surface area contributed by atoms with Gasteiger partial charge in [-0.2, -0.15) is 0 Å². The average molecular weight is 322 g/mol. The summed E-state index contributed by atoms with van der Waals surface area (Å²) in [5.74, 6) is 0.738. The lowest BCUT2D eigenvalue weighted by Crippen LogP contribution is -2.57. The van der Waals surface area contributed by atoms with E-state index in [4.69, 9.17) is 0 Å². The third-order valence-corrected chi connectivity index (χ3v) is 7.79. The van der Waals surface area contributed by atoms with Crippen molar-refractivity contribution >= 4 is 0 Å². The second-order valence-electron chi connectivity index (χ2n) is 8.73. The van der Waals surface area contributed by atoms with Crippen molar-refractivity contribution in [1.82, 2.24) is 0 Å². The van der Waals surface area contributed by atoms with Gasteiger partial charge in [0.2, 0.25) is 0 Å². The SMILES string of the molecule is C[C@]12C=CC(O)=CC1CC(O)[C@@H]1[C@H]2CC[C@]2(C)C(O)C(F)C[C@@H]12. The van der Waals surface area contributed by atoms with E-state index in [0.29, 0.717) is 12.8 Å². The molecule has 3 nitrogen and oxygen atoms in total. The van der Waals surface area contributed by atoms with Crippen molar-refractivity contribution in [2.24, 2.45) is 34.5 Å². The number of hydrogen-bond donors (Lipinski definition) is 3. The van der Waals surface area contributed by atoms with Gasteiger partial charge < -0.3 is 15.3 Å². The summed E-state index contributed by atoms with van der Waals surface area (Å²) in [4.78, 5) is 0. The Morgan fingerprint density at radius 1 is 1.17 bits per heavy atom. The molecule has 0 saturated heterocycles. The largest absolute Gasteiger partial charge is 0.508 e. The molecule has 0 spiro atoms. The van der Waals surface area contributed by atoms with E-state index in [0.717, 1.165) is 12.8 Å². The predicted octanol–water partition coefficient (Wildman–Crippen LogP) is 3.14. The number of hydrogen-bond acceptors (Lipinski definition) is 3. The summed E-state index contributed by atoms with van der Waals surface area (Å²) < 4.78 is 14.2. The fraction of sp³-hybridized carbons (Fsp3) is 0.789. The first-order valence-electron chi connectivity index (χ1n) is 8.87. The van der Waals surface area contributed by atoms with Crippen LogP contribution in [0.25, 0.3) is 0 Å². The summed E-state index contributed by atoms with van der Waals surface area (Å²) >= 11 is 0. The van der Waals surface area contributed by atoms with Crippen LogP contribution < -0.4 is 0 Å². The number of alkyl halides is 1. The normalized spacial score (nSPS) is 58.1. The Bertz CT molecular complexity index is 573. The molecule has 23 heavy (non-hydrogen) atoms. The minimum atomic E-state index is -1.17. The maximum atomic E-state index is 14.2. The summed E-state index contributed by atoms with van der Waals surface area (Å²) in [6.45, 7) is 4.21. The molecular formula is C19H27FO3. The van der Waals surface area contributed by atoms with Crippen molar-refractivity contribution in [3.05, 3.63) is 24.0 Å². The fourth-order valence-corrected chi connectivity index (χ4v) is 6.37. The van der Waals surface area contributed by atoms with E-state index in [2.05, 4.69) is 13.0 Å². The van der Waals surface area contributed by atoms with Crippen LogP contribution in [-0.4, -0.2) is 33.7 Å². The van der Waals surface area contributed by atoms with E-state index in [1.54, 1.807) is 6.08 Å². The van der Waals surface area contributed by atoms with Crippen LogP contribution in [0.5, 0.6) is 0 Å². The molecule has 0 radical (unpaired) electrons. The van der Waals surface area contributed by atoms with Crippen molar-refractivity contribution in [1.29, 1.82) is 0 Å². The summed E-state index contributed by atoms with van der Waals surface area (Å²) in [5.41, 5.74) is -0.516. The van der Waals surface area contributed by atoms with E-state index >= 15 is 0 Å². The van der Waals surface area contributed by atoms with Crippen molar-refractivity contribution in [2.45, 2.75) is 57.9 Å². The summed E-state index contributed by atoms with van der Waals surface area (Å²) in [7, 11) is 0. The molecule has 4 aliphatic carbocycles. The second-order valence-corrected chi connectivity index (χ2v) is 8.73. The summed E-state index contributed by atoms with van der Waals surface area (Å²) in [6, 6.07) is 0. The van der Waals surface area contributed by atoms with E-state index < -0.39 is 23.8 Å². The van der Waals surface area contributed by atoms with Crippen molar-refractivity contribution in [3.63, 3.8) is 0 Å². The third-order valence-electron chi connectivity index (χ3n) is 7.79. The molecule has 3 saturated carbocycles. The maximum absolute atomic E-state index is 14.2. The van der Waals surface area contributed by atoms with Gasteiger partial charge in [0.15, 0.2) is 0 Å². The molecule has 4 rings (SSSR count). The monoisotopic (exact) mass is 322 g/mol. The lowest BCUT2D eigenvalue weighted by molar-refractivity contribution is -0.138. The predicted molar refractivity (Wildman–Crippen MR) is 85.4 cm³/mol. The van der Waals surface area contributed by atoms with Gasteiger partial charge in [-0.05, 0) is 72.3 Å². The minimum Gasteiger partial charge on any atom is -0.508 e. The van der Waals surface area contributed by atoms with Crippen molar-refractivity contribution in [3.8, 4) is 0 Å². The zero-order valence-corrected chi connectivity index (χ0v) is 13.8. The zero-order chi connectivity index (χ0) is 16.6. The molecule has 0 aromatic rings. The van der Waals surface area contributed by atoms with E-state index in [1.165, 1.54) is 0 Å². The second kappa shape index (κ2) is 4.82. The van der Waals surface area contributed by atoms with Crippen LogP contribution in [-0.2, 0) is 0 Å². The van der Waals surface area contributed by atoms with Crippen molar-refractivity contribution in [2.75, 3.05) is 0 Å². The molecule has 4 unspecified atom stereocenters. The minimum absolute atomic E-state index is 0.0312. The number of allylic oxidation sites excluding steroid dienone is 3. The topological polar surface area (TPSA) is 60.7 Å². The first kappa shape index (κ1) is 15.6. The molecule has 4 heteroatoms. The van der Waals surface area contributed by atoms with Crippen molar-refractivity contribution < 1.29 is 19.7 Å². The first-order chi connectivity index (χ1) is 10.8. The quantitative estimate of drug-likeness (QED) is 0.642. The molecule has 4 aliphatic rings. The molecule has 0 heterocycles. The Balaban J connectivity index is 1.73. The Labute approximate surface area is 136 Å². The molecule has 0 bridgehead atoms. The van der Waals surface area contributed by atoms with Gasteiger partial charge in [-0.3, -0.25) is 0 Å². The zero-order valence-electron chi connectivity index (χ0n) is 13.8. The van der Waals surface area contributed by atoms with Crippen LogP contribution in [0.1, 0.15) is 39.5 Å². The fourth-order valence-electron chi connectivity index (χ4n) is 6.37. The summed E-state index contributed by atoms with van der Waals surface area (Å²) in [5, 5.41) is 31.0. The molecule has 3 fully saturated rings. The van der Waals surface area contributed by atoms with Gasteiger partial charge in [-0.15, -0.1) is 0 Å². The average Bonchev–Trinajstić information content (AvgIpc) is 2.73. The van der Waals surface area contributed by atoms with Crippen LogP contribution in [0.2, 0.25) is 0 Å². The van der Waals surface area contributed by atoms with E-state index in [9.17, 15) is 19.7 Å². The Morgan fingerprint density at radius 3 is 2.65 bits per heavy atom. The highest BCUT2D eigenvalue weighted by Gasteiger charge is 2.63. The van der Waals surface area contributed by atoms with Gasteiger partial charge in [0, 0.05) is 0 Å². The van der Waals surface area contributed by atoms with Gasteiger partial charge >= 0.3 is 0 Å². The first-order valence-corrected chi connectivity index (χ1v) is 8.87. The van der Waals surface area contributed by atoms with Gasteiger partial charge in [-0.1, -0.05) is 19.9 Å². The van der Waals surface area contributed by atoms with Gasteiger partial charge in [0.25, 0.3) is 0 Å². The van der Waals surface area contributed by atoms with Gasteiger partial charge in [0.1, 0.15) is 11.9 Å². The van der Waals surface area contributed by atoms with Crippen LogP contribution in [0.4, 0.5) is 4.39 Å². The lowest BCUT2D eigenvalue weighted by atomic mass is 9.46. The molecule has 0 amide bonds. The molecular weight excluding hydrogens is 295 g/mol. The Morgan fingerprint density at radius 2 is 1.91 bits per heavy atom. The third kappa shape index (κ3) is 1.94. The van der Waals surface area contributed by atoms with Crippen LogP contribution in [0.3, 0.4) is 0 Å². The number of aliphatic hydroxyl groups is 3. The number of rotatable bonds is 0. The standard InChI is InChI=1S/C19H27FO3/c1-18-5-3-11(21)7-10(18)8-15(22)16-12(18)4-6-19(2)13(16)9-14(20)17(19)23/h3,5,7,10,12-17,21-23H,4,6,8-9H2,1-2H3/t10?,12-,13+,14?,15?,16-,17?,18+,19+/m1/s1. The number of halogens is 1. The van der Waals surface area contributed by atoms with Crippen LogP contribution >= 0.6 is 0 Å². The Hall–Kier alpha value is -0.870. The molecule has 9 atom stereocenters. The number of aliphatic hydroxyl groups excluding tert-OH is 3. The molecule has 0 aliphatic heterocycles. The highest BCUT2D eigenvalue weighted by atomic mass is 19.1. The van der Waals surface area contributed by atoms with Gasteiger partial charge in [-0.25, -0.2) is 4.39 Å². The molecule has 0 aromatic carbocycles. The highest BCUT2D eigenvalue weighted by molar-refractivity contribution is 5.28. The Kier molecular flexibility index (Phi) is 3.28. The molecule has 128 valence electrons. The van der Waals surface area contributed by atoms with E-state index in [1.807, 2.05) is 13.0 Å². The maximum Gasteiger partial charge on any atom is 0.127 e. The molecule has 3 N–H and O–H groups in total. The smallest absolute Gasteiger partial charge is 0.127 e. The summed E-state index contributed by atoms with van der Waals surface area (Å²) in [6.07, 6.45) is 5.82. The van der Waals surface area contributed by atoms with Crippen LogP contribution in [0.15, 0.2) is 24.0 Å². The highest BCUT2D eigenvalue weighted by Crippen LogP contribution is 2.65. The van der Waals surface area contributed by atoms with Gasteiger partial charge in [0.05, 0.1) is 12.2 Å². The van der Waals surface area contributed by atoms with Crippen LogP contribution in [0, 0.1) is 34.5 Å². The molecule has 0 aromatic heterocycles. The lowest BCUT2D eigenvalue weighted by Gasteiger charge is -2.59. The number of fused-ring (bicyclic) bond motifs is 5.